The Labute approximate surface area is 118 Å². The fourth-order valence-corrected chi connectivity index (χ4v) is 2.49. The van der Waals surface area contributed by atoms with Crippen LogP contribution in [0.3, 0.4) is 0 Å². The molecule has 0 saturated heterocycles. The second kappa shape index (κ2) is 5.83. The van der Waals surface area contributed by atoms with Crippen molar-refractivity contribution in [3.05, 3.63) is 68.9 Å². The van der Waals surface area contributed by atoms with E-state index in [0.29, 0.717) is 21.5 Å². The summed E-state index contributed by atoms with van der Waals surface area (Å²) < 4.78 is 13.9. The van der Waals surface area contributed by atoms with Gasteiger partial charge in [0.05, 0.1) is 6.10 Å². The molecule has 2 rings (SSSR count). The van der Waals surface area contributed by atoms with Gasteiger partial charge in [0, 0.05) is 15.9 Å². The smallest absolute Gasteiger partial charge is 0.123 e. The van der Waals surface area contributed by atoms with Gasteiger partial charge in [0.2, 0.25) is 0 Å². The lowest BCUT2D eigenvalue weighted by molar-refractivity contribution is 0.177. The van der Waals surface area contributed by atoms with E-state index in [1.54, 1.807) is 18.2 Å². The Bertz CT molecular complexity index is 559. The number of benzene rings is 2. The average molecular weight is 330 g/mol. The molecular formula is C14H11BrClFO. The summed E-state index contributed by atoms with van der Waals surface area (Å²) in [7, 11) is 0. The fourth-order valence-electron chi connectivity index (χ4n) is 1.77. The van der Waals surface area contributed by atoms with Gasteiger partial charge in [-0.15, -0.1) is 0 Å². The highest BCUT2D eigenvalue weighted by molar-refractivity contribution is 9.10. The number of aliphatic hydroxyl groups excluding tert-OH is 1. The van der Waals surface area contributed by atoms with Crippen molar-refractivity contribution in [2.24, 2.45) is 0 Å². The normalized spacial score (nSPS) is 12.4. The highest BCUT2D eigenvalue weighted by Gasteiger charge is 2.13. The molecule has 0 aliphatic carbocycles. The molecule has 1 unspecified atom stereocenters. The van der Waals surface area contributed by atoms with E-state index < -0.39 is 6.10 Å². The van der Waals surface area contributed by atoms with Crippen LogP contribution in [-0.2, 0) is 6.42 Å². The van der Waals surface area contributed by atoms with E-state index in [0.717, 1.165) is 5.56 Å². The van der Waals surface area contributed by atoms with E-state index in [4.69, 9.17) is 11.6 Å². The third-order valence-electron chi connectivity index (χ3n) is 2.64. The lowest BCUT2D eigenvalue weighted by atomic mass is 10.0. The van der Waals surface area contributed by atoms with Crippen LogP contribution in [0, 0.1) is 5.82 Å². The minimum Gasteiger partial charge on any atom is -0.388 e. The molecule has 2 aromatic rings. The van der Waals surface area contributed by atoms with Crippen LogP contribution in [0.25, 0.3) is 0 Å². The first-order chi connectivity index (χ1) is 8.56. The van der Waals surface area contributed by atoms with Crippen molar-refractivity contribution in [2.75, 3.05) is 0 Å². The Balaban J connectivity index is 2.21. The Morgan fingerprint density at radius 2 is 2.00 bits per heavy atom. The Morgan fingerprint density at radius 1 is 1.22 bits per heavy atom. The Morgan fingerprint density at radius 3 is 2.72 bits per heavy atom. The molecule has 0 bridgehead atoms. The molecule has 94 valence electrons. The summed E-state index contributed by atoms with van der Waals surface area (Å²) in [5.74, 6) is -0.363. The van der Waals surface area contributed by atoms with Gasteiger partial charge < -0.3 is 5.11 Å². The van der Waals surface area contributed by atoms with Gasteiger partial charge >= 0.3 is 0 Å². The molecule has 0 saturated carbocycles. The molecule has 1 atom stereocenters. The van der Waals surface area contributed by atoms with Crippen LogP contribution in [0.1, 0.15) is 17.2 Å². The second-order valence-corrected chi connectivity index (χ2v) is 5.31. The fraction of sp³-hybridized carbons (Fsp3) is 0.143. The van der Waals surface area contributed by atoms with Crippen LogP contribution in [0.5, 0.6) is 0 Å². The summed E-state index contributed by atoms with van der Waals surface area (Å²) in [6, 6.07) is 11.5. The number of rotatable bonds is 3. The van der Waals surface area contributed by atoms with E-state index >= 15 is 0 Å². The molecule has 1 nitrogen and oxygen atoms in total. The lowest BCUT2D eigenvalue weighted by Crippen LogP contribution is -2.03. The van der Waals surface area contributed by atoms with Gasteiger partial charge in [0.15, 0.2) is 0 Å². The van der Waals surface area contributed by atoms with Crippen LogP contribution in [0.4, 0.5) is 4.39 Å². The number of halogens is 3. The first-order valence-corrected chi connectivity index (χ1v) is 6.61. The van der Waals surface area contributed by atoms with E-state index in [1.807, 2.05) is 12.1 Å². The van der Waals surface area contributed by atoms with E-state index in [2.05, 4.69) is 15.9 Å². The van der Waals surface area contributed by atoms with E-state index in [1.165, 1.54) is 12.1 Å². The average Bonchev–Trinajstić information content (AvgIpc) is 2.32. The number of aliphatic hydroxyl groups is 1. The number of hydrogen-bond donors (Lipinski definition) is 1. The highest BCUT2D eigenvalue weighted by atomic mass is 79.9. The molecule has 2 aromatic carbocycles. The van der Waals surface area contributed by atoms with Crippen molar-refractivity contribution in [2.45, 2.75) is 12.5 Å². The van der Waals surface area contributed by atoms with Crippen molar-refractivity contribution in [1.29, 1.82) is 0 Å². The SMILES string of the molecule is OC(Cc1cccc(Cl)c1)c1cc(F)ccc1Br. The molecule has 4 heteroatoms. The molecule has 18 heavy (non-hydrogen) atoms. The summed E-state index contributed by atoms with van der Waals surface area (Å²) in [5, 5.41) is 10.8. The molecule has 0 aliphatic rings. The van der Waals surface area contributed by atoms with Crippen LogP contribution in [0.2, 0.25) is 5.02 Å². The van der Waals surface area contributed by atoms with Crippen LogP contribution in [-0.4, -0.2) is 5.11 Å². The Kier molecular flexibility index (Phi) is 4.38. The van der Waals surface area contributed by atoms with Gasteiger partial charge in [-0.2, -0.15) is 0 Å². The van der Waals surface area contributed by atoms with Crippen molar-refractivity contribution < 1.29 is 9.50 Å². The standard InChI is InChI=1S/C14H11BrClFO/c15-13-5-4-11(17)8-12(13)14(18)7-9-2-1-3-10(16)6-9/h1-6,8,14,18H,7H2. The largest absolute Gasteiger partial charge is 0.388 e. The minimum atomic E-state index is -0.770. The zero-order valence-electron chi connectivity index (χ0n) is 9.41. The third kappa shape index (κ3) is 3.31. The van der Waals surface area contributed by atoms with Crippen molar-refractivity contribution in [3.8, 4) is 0 Å². The monoisotopic (exact) mass is 328 g/mol. The molecule has 0 spiro atoms. The van der Waals surface area contributed by atoms with E-state index in [-0.39, 0.29) is 5.82 Å². The molecule has 1 N–H and O–H groups in total. The summed E-state index contributed by atoms with van der Waals surface area (Å²) in [5.41, 5.74) is 1.45. The quantitative estimate of drug-likeness (QED) is 0.878. The van der Waals surface area contributed by atoms with Gasteiger partial charge in [-0.1, -0.05) is 39.7 Å². The third-order valence-corrected chi connectivity index (χ3v) is 3.59. The summed E-state index contributed by atoms with van der Waals surface area (Å²) in [6.07, 6.45) is -0.378. The van der Waals surface area contributed by atoms with Gasteiger partial charge in [-0.25, -0.2) is 4.39 Å². The molecule has 0 aromatic heterocycles. The van der Waals surface area contributed by atoms with Crippen molar-refractivity contribution >= 4 is 27.5 Å². The van der Waals surface area contributed by atoms with Gasteiger partial charge in [0.1, 0.15) is 5.82 Å². The van der Waals surface area contributed by atoms with Crippen LogP contribution < -0.4 is 0 Å². The predicted octanol–water partition coefficient (Wildman–Crippen LogP) is 4.52. The van der Waals surface area contributed by atoms with Gasteiger partial charge in [0.25, 0.3) is 0 Å². The first-order valence-electron chi connectivity index (χ1n) is 5.44. The maximum atomic E-state index is 13.2. The second-order valence-electron chi connectivity index (χ2n) is 4.02. The molecule has 0 heterocycles. The summed E-state index contributed by atoms with van der Waals surface area (Å²) in [6.45, 7) is 0. The van der Waals surface area contributed by atoms with Crippen molar-refractivity contribution in [1.82, 2.24) is 0 Å². The van der Waals surface area contributed by atoms with Gasteiger partial charge in [-0.3, -0.25) is 0 Å². The summed E-state index contributed by atoms with van der Waals surface area (Å²) >= 11 is 9.19. The maximum Gasteiger partial charge on any atom is 0.123 e. The Hall–Kier alpha value is -0.900. The minimum absolute atomic E-state index is 0.363. The molecular weight excluding hydrogens is 319 g/mol. The molecule has 0 aliphatic heterocycles. The zero-order valence-corrected chi connectivity index (χ0v) is 11.7. The zero-order chi connectivity index (χ0) is 13.1. The maximum absolute atomic E-state index is 13.2. The number of hydrogen-bond acceptors (Lipinski definition) is 1. The van der Waals surface area contributed by atoms with Crippen LogP contribution in [0.15, 0.2) is 46.9 Å². The molecule has 0 fully saturated rings. The highest BCUT2D eigenvalue weighted by Crippen LogP contribution is 2.27. The van der Waals surface area contributed by atoms with Crippen LogP contribution >= 0.6 is 27.5 Å². The van der Waals surface area contributed by atoms with Gasteiger partial charge in [-0.05, 0) is 41.5 Å². The van der Waals surface area contributed by atoms with Crippen molar-refractivity contribution in [3.63, 3.8) is 0 Å². The lowest BCUT2D eigenvalue weighted by Gasteiger charge is -2.13. The molecule has 0 amide bonds. The predicted molar refractivity (Wildman–Crippen MR) is 74.2 cm³/mol. The molecule has 0 radical (unpaired) electrons. The topological polar surface area (TPSA) is 20.2 Å². The summed E-state index contributed by atoms with van der Waals surface area (Å²) in [4.78, 5) is 0. The van der Waals surface area contributed by atoms with E-state index in [9.17, 15) is 9.50 Å². The first kappa shape index (κ1) is 13.5.